The van der Waals surface area contributed by atoms with Crippen LogP contribution in [0.4, 0.5) is 0 Å². The quantitative estimate of drug-likeness (QED) is 0.800. The summed E-state index contributed by atoms with van der Waals surface area (Å²) in [6.45, 7) is 12.9. The number of nitrogens with zero attached hydrogens (tertiary/aromatic N) is 3. The van der Waals surface area contributed by atoms with E-state index in [1.54, 1.807) is 6.20 Å². The first kappa shape index (κ1) is 15.5. The SMILES string of the molecule is Cc1cc(C(=O)N2CC3(CCN(C(C)(C)C)CC3)C2)ccn1. The Morgan fingerprint density at radius 2 is 1.86 bits per heavy atom. The molecule has 2 aliphatic rings. The minimum Gasteiger partial charge on any atom is -0.337 e. The number of hydrogen-bond acceptors (Lipinski definition) is 3. The highest BCUT2D eigenvalue weighted by atomic mass is 16.2. The van der Waals surface area contributed by atoms with Crippen molar-refractivity contribution < 1.29 is 4.79 Å². The van der Waals surface area contributed by atoms with Crippen LogP contribution in [0, 0.1) is 12.3 Å². The normalized spacial score (nSPS) is 21.7. The Labute approximate surface area is 133 Å². The van der Waals surface area contributed by atoms with Crippen molar-refractivity contribution in [3.05, 3.63) is 29.6 Å². The van der Waals surface area contributed by atoms with Crippen molar-refractivity contribution in [3.8, 4) is 0 Å². The van der Waals surface area contributed by atoms with Crippen LogP contribution in [0.2, 0.25) is 0 Å². The molecule has 4 heteroatoms. The van der Waals surface area contributed by atoms with Crippen LogP contribution in [0.1, 0.15) is 49.7 Å². The topological polar surface area (TPSA) is 36.4 Å². The molecule has 2 fully saturated rings. The molecular formula is C18H27N3O. The molecule has 0 atom stereocenters. The van der Waals surface area contributed by atoms with Gasteiger partial charge in [0.25, 0.3) is 5.91 Å². The molecule has 2 aliphatic heterocycles. The first-order chi connectivity index (χ1) is 10.3. The zero-order chi connectivity index (χ0) is 16.0. The fourth-order valence-electron chi connectivity index (χ4n) is 3.74. The van der Waals surface area contributed by atoms with Crippen LogP contribution in [-0.4, -0.2) is 52.4 Å². The van der Waals surface area contributed by atoms with Crippen molar-refractivity contribution in [1.82, 2.24) is 14.8 Å². The van der Waals surface area contributed by atoms with Crippen molar-refractivity contribution in [2.45, 2.75) is 46.1 Å². The molecule has 3 rings (SSSR count). The third-order valence-corrected chi connectivity index (χ3v) is 5.26. The van der Waals surface area contributed by atoms with E-state index in [1.165, 1.54) is 12.8 Å². The van der Waals surface area contributed by atoms with E-state index in [0.717, 1.165) is 37.4 Å². The number of rotatable bonds is 1. The van der Waals surface area contributed by atoms with Crippen molar-refractivity contribution in [2.24, 2.45) is 5.41 Å². The van der Waals surface area contributed by atoms with Crippen molar-refractivity contribution in [3.63, 3.8) is 0 Å². The Balaban J connectivity index is 1.57. The van der Waals surface area contributed by atoms with E-state index in [1.807, 2.05) is 24.0 Å². The van der Waals surface area contributed by atoms with E-state index >= 15 is 0 Å². The molecule has 1 amide bonds. The van der Waals surface area contributed by atoms with Gasteiger partial charge < -0.3 is 4.90 Å². The second-order valence-electron chi connectivity index (χ2n) is 8.00. The minimum atomic E-state index is 0.161. The lowest BCUT2D eigenvalue weighted by Crippen LogP contribution is -2.63. The molecule has 0 aliphatic carbocycles. The van der Waals surface area contributed by atoms with Gasteiger partial charge in [0.15, 0.2) is 0 Å². The Morgan fingerprint density at radius 3 is 2.41 bits per heavy atom. The van der Waals surface area contributed by atoms with Gasteiger partial charge in [0, 0.05) is 41.5 Å². The fourth-order valence-corrected chi connectivity index (χ4v) is 3.74. The standard InChI is InChI=1S/C18H27N3O/c1-14-11-15(5-8-19-14)16(22)20-12-18(13-20)6-9-21(10-7-18)17(2,3)4/h5,8,11H,6-7,9-10,12-13H2,1-4H3. The average Bonchev–Trinajstić information content (AvgIpc) is 2.43. The van der Waals surface area contributed by atoms with Gasteiger partial charge in [-0.3, -0.25) is 14.7 Å². The number of pyridine rings is 1. The molecule has 4 nitrogen and oxygen atoms in total. The van der Waals surface area contributed by atoms with Gasteiger partial charge in [-0.15, -0.1) is 0 Å². The van der Waals surface area contributed by atoms with Gasteiger partial charge in [-0.1, -0.05) is 0 Å². The van der Waals surface area contributed by atoms with Crippen LogP contribution in [0.25, 0.3) is 0 Å². The van der Waals surface area contributed by atoms with E-state index in [-0.39, 0.29) is 11.4 Å². The monoisotopic (exact) mass is 301 g/mol. The highest BCUT2D eigenvalue weighted by molar-refractivity contribution is 5.94. The maximum Gasteiger partial charge on any atom is 0.254 e. The lowest BCUT2D eigenvalue weighted by molar-refractivity contribution is -0.0480. The van der Waals surface area contributed by atoms with Gasteiger partial charge in [0.1, 0.15) is 0 Å². The molecule has 0 N–H and O–H groups in total. The van der Waals surface area contributed by atoms with E-state index in [4.69, 9.17) is 0 Å². The minimum absolute atomic E-state index is 0.161. The molecule has 0 radical (unpaired) electrons. The van der Waals surface area contributed by atoms with Crippen molar-refractivity contribution >= 4 is 5.91 Å². The predicted octanol–water partition coefficient (Wildman–Crippen LogP) is 2.73. The average molecular weight is 301 g/mol. The third-order valence-electron chi connectivity index (χ3n) is 5.26. The summed E-state index contributed by atoms with van der Waals surface area (Å²) in [6, 6.07) is 3.71. The summed E-state index contributed by atoms with van der Waals surface area (Å²) in [6.07, 6.45) is 4.15. The molecular weight excluding hydrogens is 274 g/mol. The summed E-state index contributed by atoms with van der Waals surface area (Å²) in [5, 5.41) is 0. The number of likely N-dealkylation sites (tertiary alicyclic amines) is 2. The molecule has 0 aromatic carbocycles. The summed E-state index contributed by atoms with van der Waals surface area (Å²) in [7, 11) is 0. The number of carbonyl (C=O) groups is 1. The Hall–Kier alpha value is -1.42. The Morgan fingerprint density at radius 1 is 1.23 bits per heavy atom. The molecule has 22 heavy (non-hydrogen) atoms. The number of amides is 1. The van der Waals surface area contributed by atoms with Gasteiger partial charge in [-0.05, 0) is 65.8 Å². The number of hydrogen-bond donors (Lipinski definition) is 0. The zero-order valence-corrected chi connectivity index (χ0v) is 14.2. The highest BCUT2D eigenvalue weighted by Crippen LogP contribution is 2.42. The molecule has 0 unspecified atom stereocenters. The van der Waals surface area contributed by atoms with Crippen molar-refractivity contribution in [2.75, 3.05) is 26.2 Å². The van der Waals surface area contributed by atoms with Gasteiger partial charge in [0.05, 0.1) is 0 Å². The van der Waals surface area contributed by atoms with E-state index < -0.39 is 0 Å². The summed E-state index contributed by atoms with van der Waals surface area (Å²) in [5.74, 6) is 0.161. The highest BCUT2D eigenvalue weighted by Gasteiger charge is 2.47. The molecule has 1 aromatic rings. The van der Waals surface area contributed by atoms with Crippen molar-refractivity contribution in [1.29, 1.82) is 0 Å². The first-order valence-electron chi connectivity index (χ1n) is 8.26. The van der Waals surface area contributed by atoms with Gasteiger partial charge in [-0.2, -0.15) is 0 Å². The summed E-state index contributed by atoms with van der Waals surface area (Å²) in [5.41, 5.74) is 2.31. The molecule has 3 heterocycles. The number of piperidine rings is 1. The first-order valence-corrected chi connectivity index (χ1v) is 8.26. The summed E-state index contributed by atoms with van der Waals surface area (Å²) in [4.78, 5) is 21.2. The molecule has 1 spiro atoms. The van der Waals surface area contributed by atoms with Crippen LogP contribution >= 0.6 is 0 Å². The predicted molar refractivity (Wildman–Crippen MR) is 87.9 cm³/mol. The lowest BCUT2D eigenvalue weighted by atomic mass is 9.71. The zero-order valence-electron chi connectivity index (χ0n) is 14.2. The van der Waals surface area contributed by atoms with E-state index in [0.29, 0.717) is 5.41 Å². The van der Waals surface area contributed by atoms with Gasteiger partial charge >= 0.3 is 0 Å². The maximum atomic E-state index is 12.5. The van der Waals surface area contributed by atoms with Gasteiger partial charge in [-0.25, -0.2) is 0 Å². The molecule has 1 aromatic heterocycles. The maximum absolute atomic E-state index is 12.5. The van der Waals surface area contributed by atoms with E-state index in [2.05, 4.69) is 30.7 Å². The van der Waals surface area contributed by atoms with Crippen LogP contribution < -0.4 is 0 Å². The van der Waals surface area contributed by atoms with E-state index in [9.17, 15) is 4.79 Å². The Bertz CT molecular complexity index is 560. The second-order valence-corrected chi connectivity index (χ2v) is 8.00. The number of aryl methyl sites for hydroxylation is 1. The largest absolute Gasteiger partial charge is 0.337 e. The van der Waals surface area contributed by atoms with Gasteiger partial charge in [0.2, 0.25) is 0 Å². The lowest BCUT2D eigenvalue weighted by Gasteiger charge is -2.55. The van der Waals surface area contributed by atoms with Crippen LogP contribution in [0.5, 0.6) is 0 Å². The van der Waals surface area contributed by atoms with Crippen LogP contribution in [-0.2, 0) is 0 Å². The Kier molecular flexibility index (Phi) is 3.76. The van der Waals surface area contributed by atoms with Crippen LogP contribution in [0.15, 0.2) is 18.3 Å². The molecule has 0 bridgehead atoms. The number of aromatic nitrogens is 1. The fraction of sp³-hybridized carbons (Fsp3) is 0.667. The molecule has 2 saturated heterocycles. The number of carbonyl (C=O) groups excluding carboxylic acids is 1. The summed E-state index contributed by atoms with van der Waals surface area (Å²) >= 11 is 0. The molecule has 0 saturated carbocycles. The molecule has 120 valence electrons. The third kappa shape index (κ3) is 2.89. The smallest absolute Gasteiger partial charge is 0.254 e. The van der Waals surface area contributed by atoms with Crippen LogP contribution in [0.3, 0.4) is 0 Å². The second kappa shape index (κ2) is 5.34. The summed E-state index contributed by atoms with van der Waals surface area (Å²) < 4.78 is 0.